The van der Waals surface area contributed by atoms with Crippen molar-refractivity contribution < 1.29 is 22.9 Å². The molecular weight excluding hydrogens is 415 g/mol. The van der Waals surface area contributed by atoms with Gasteiger partial charge in [0.15, 0.2) is 0 Å². The summed E-state index contributed by atoms with van der Waals surface area (Å²) in [4.78, 5) is 33.3. The fourth-order valence-electron chi connectivity index (χ4n) is 2.99. The van der Waals surface area contributed by atoms with E-state index in [0.717, 1.165) is 12.1 Å². The number of nitro groups is 1. The number of fused-ring (bicyclic) bond motifs is 1. The quantitative estimate of drug-likeness (QED) is 0.359. The minimum atomic E-state index is -4.83. The normalized spacial score (nSPS) is 11.5. The zero-order valence-corrected chi connectivity index (χ0v) is 15.5. The van der Waals surface area contributed by atoms with Crippen molar-refractivity contribution in [2.45, 2.75) is 6.18 Å². The number of alkyl halides is 3. The standard InChI is InChI=1S/C20H12F3N5O3/c21-20(22,23)14-10-12(28(30)31)5-6-13(14)18-25-15-7-4-11(9-16(15)26-18)19(29)27-17-3-1-2-8-24-17/h1-10H,(H,25,26)(H,24,27,29). The molecule has 8 nitrogen and oxygen atoms in total. The van der Waals surface area contributed by atoms with Gasteiger partial charge in [0.1, 0.15) is 11.6 Å². The van der Waals surface area contributed by atoms with Crippen molar-refractivity contribution in [3.8, 4) is 11.4 Å². The molecule has 0 saturated carbocycles. The molecule has 1 amide bonds. The van der Waals surface area contributed by atoms with Crippen LogP contribution in [0.25, 0.3) is 22.4 Å². The van der Waals surface area contributed by atoms with E-state index >= 15 is 0 Å². The average molecular weight is 427 g/mol. The molecule has 4 aromatic rings. The van der Waals surface area contributed by atoms with Crippen molar-refractivity contribution in [2.24, 2.45) is 0 Å². The van der Waals surface area contributed by atoms with E-state index in [1.165, 1.54) is 24.4 Å². The third kappa shape index (κ3) is 4.06. The monoisotopic (exact) mass is 427 g/mol. The number of non-ortho nitro benzene ring substituents is 1. The van der Waals surface area contributed by atoms with Gasteiger partial charge < -0.3 is 10.3 Å². The predicted molar refractivity (Wildman–Crippen MR) is 105 cm³/mol. The number of anilines is 1. The predicted octanol–water partition coefficient (Wildman–Crippen LogP) is 4.80. The molecule has 4 rings (SSSR count). The van der Waals surface area contributed by atoms with Gasteiger partial charge in [0.25, 0.3) is 11.6 Å². The second-order valence-corrected chi connectivity index (χ2v) is 6.47. The molecule has 2 aromatic heterocycles. The zero-order chi connectivity index (χ0) is 22.2. The van der Waals surface area contributed by atoms with Crippen LogP contribution in [0, 0.1) is 10.1 Å². The summed E-state index contributed by atoms with van der Waals surface area (Å²) in [5.74, 6) is -0.235. The second-order valence-electron chi connectivity index (χ2n) is 6.47. The Labute approximate surface area is 171 Å². The molecule has 2 aromatic carbocycles. The second kappa shape index (κ2) is 7.52. The molecule has 0 saturated heterocycles. The number of H-pyrrole nitrogens is 1. The van der Waals surface area contributed by atoms with Gasteiger partial charge in [-0.25, -0.2) is 9.97 Å². The smallest absolute Gasteiger partial charge is 0.338 e. The Bertz CT molecular complexity index is 1300. The summed E-state index contributed by atoms with van der Waals surface area (Å²) >= 11 is 0. The first-order chi connectivity index (χ1) is 14.7. The van der Waals surface area contributed by atoms with Crippen LogP contribution in [-0.4, -0.2) is 25.8 Å². The zero-order valence-electron chi connectivity index (χ0n) is 15.5. The number of carbonyl (C=O) groups excluding carboxylic acids is 1. The summed E-state index contributed by atoms with van der Waals surface area (Å²) in [6, 6.07) is 11.9. The average Bonchev–Trinajstić information content (AvgIpc) is 3.16. The van der Waals surface area contributed by atoms with Gasteiger partial charge in [-0.3, -0.25) is 14.9 Å². The lowest BCUT2D eigenvalue weighted by Gasteiger charge is -2.10. The topological polar surface area (TPSA) is 114 Å². The molecular formula is C20H12F3N5O3. The van der Waals surface area contributed by atoms with Gasteiger partial charge in [0.2, 0.25) is 0 Å². The van der Waals surface area contributed by atoms with Gasteiger partial charge in [0.05, 0.1) is 21.5 Å². The SMILES string of the molecule is O=C(Nc1ccccn1)c1ccc2nc(-c3ccc([N+](=O)[O-])cc3C(F)(F)F)[nH]c2c1. The molecule has 0 unspecified atom stereocenters. The van der Waals surface area contributed by atoms with Crippen molar-refractivity contribution in [1.29, 1.82) is 0 Å². The maximum absolute atomic E-state index is 13.5. The van der Waals surface area contributed by atoms with E-state index < -0.39 is 28.3 Å². The van der Waals surface area contributed by atoms with E-state index in [9.17, 15) is 28.1 Å². The molecule has 0 bridgehead atoms. The van der Waals surface area contributed by atoms with Gasteiger partial charge in [0, 0.05) is 29.5 Å². The van der Waals surface area contributed by atoms with Crippen molar-refractivity contribution in [1.82, 2.24) is 15.0 Å². The molecule has 0 atom stereocenters. The van der Waals surface area contributed by atoms with E-state index in [0.29, 0.717) is 22.9 Å². The number of rotatable bonds is 4. The number of nitrogens with zero attached hydrogens (tertiary/aromatic N) is 3. The summed E-state index contributed by atoms with van der Waals surface area (Å²) in [6.45, 7) is 0. The summed E-state index contributed by atoms with van der Waals surface area (Å²) in [5.41, 5.74) is -1.30. The number of nitrogens with one attached hydrogen (secondary N) is 2. The van der Waals surface area contributed by atoms with Crippen LogP contribution in [0.3, 0.4) is 0 Å². The number of nitro benzene ring substituents is 1. The Kier molecular flexibility index (Phi) is 4.85. The number of pyridine rings is 1. The summed E-state index contributed by atoms with van der Waals surface area (Å²) < 4.78 is 40.5. The van der Waals surface area contributed by atoms with Crippen molar-refractivity contribution in [3.63, 3.8) is 0 Å². The lowest BCUT2D eigenvalue weighted by Crippen LogP contribution is -2.12. The molecule has 11 heteroatoms. The first kappa shape index (κ1) is 20.0. The van der Waals surface area contributed by atoms with Crippen molar-refractivity contribution in [2.75, 3.05) is 5.32 Å². The number of amides is 1. The summed E-state index contributed by atoms with van der Waals surface area (Å²) in [7, 11) is 0. The summed E-state index contributed by atoms with van der Waals surface area (Å²) in [6.07, 6.45) is -3.31. The number of hydrogen-bond donors (Lipinski definition) is 2. The highest BCUT2D eigenvalue weighted by atomic mass is 19.4. The van der Waals surface area contributed by atoms with Gasteiger partial charge in [-0.2, -0.15) is 13.2 Å². The molecule has 2 heterocycles. The Hall–Kier alpha value is -4.28. The molecule has 2 N–H and O–H groups in total. The van der Waals surface area contributed by atoms with Crippen LogP contribution in [0.4, 0.5) is 24.7 Å². The van der Waals surface area contributed by atoms with Crippen LogP contribution < -0.4 is 5.32 Å². The minimum Gasteiger partial charge on any atom is -0.338 e. The highest BCUT2D eigenvalue weighted by Gasteiger charge is 2.36. The van der Waals surface area contributed by atoms with Gasteiger partial charge in [-0.05, 0) is 36.4 Å². The summed E-state index contributed by atoms with van der Waals surface area (Å²) in [5, 5.41) is 13.5. The first-order valence-corrected chi connectivity index (χ1v) is 8.80. The number of hydrogen-bond acceptors (Lipinski definition) is 5. The lowest BCUT2D eigenvalue weighted by molar-refractivity contribution is -0.385. The fraction of sp³-hybridized carbons (Fsp3) is 0.0500. The molecule has 0 radical (unpaired) electrons. The molecule has 0 spiro atoms. The lowest BCUT2D eigenvalue weighted by atomic mass is 10.1. The third-order valence-corrected chi connectivity index (χ3v) is 4.43. The molecule has 0 aliphatic heterocycles. The molecule has 0 aliphatic rings. The Balaban J connectivity index is 1.72. The van der Waals surface area contributed by atoms with Crippen LogP contribution in [0.2, 0.25) is 0 Å². The maximum atomic E-state index is 13.5. The van der Waals surface area contributed by atoms with Crippen LogP contribution in [0.15, 0.2) is 60.8 Å². The number of benzene rings is 2. The van der Waals surface area contributed by atoms with E-state index in [-0.39, 0.29) is 17.0 Å². The molecule has 0 fully saturated rings. The van der Waals surface area contributed by atoms with Crippen molar-refractivity contribution in [3.05, 3.63) is 82.0 Å². The Morgan fingerprint density at radius 2 is 1.90 bits per heavy atom. The number of imidazole rings is 1. The highest BCUT2D eigenvalue weighted by Crippen LogP contribution is 2.38. The maximum Gasteiger partial charge on any atom is 0.417 e. The van der Waals surface area contributed by atoms with Crippen LogP contribution in [-0.2, 0) is 6.18 Å². The Morgan fingerprint density at radius 1 is 1.10 bits per heavy atom. The van der Waals surface area contributed by atoms with Gasteiger partial charge >= 0.3 is 6.18 Å². The number of aromatic nitrogens is 3. The van der Waals surface area contributed by atoms with Crippen LogP contribution in [0.1, 0.15) is 15.9 Å². The van der Waals surface area contributed by atoms with E-state index in [1.807, 2.05) is 0 Å². The van der Waals surface area contributed by atoms with Crippen LogP contribution in [0.5, 0.6) is 0 Å². The number of carbonyl (C=O) groups is 1. The van der Waals surface area contributed by atoms with Gasteiger partial charge in [-0.15, -0.1) is 0 Å². The molecule has 156 valence electrons. The molecule has 31 heavy (non-hydrogen) atoms. The van der Waals surface area contributed by atoms with Gasteiger partial charge in [-0.1, -0.05) is 6.07 Å². The molecule has 0 aliphatic carbocycles. The minimum absolute atomic E-state index is 0.125. The van der Waals surface area contributed by atoms with E-state index in [1.54, 1.807) is 18.2 Å². The number of halogens is 3. The largest absolute Gasteiger partial charge is 0.417 e. The van der Waals surface area contributed by atoms with Crippen LogP contribution >= 0.6 is 0 Å². The van der Waals surface area contributed by atoms with Crippen molar-refractivity contribution >= 4 is 28.4 Å². The van der Waals surface area contributed by atoms with E-state index in [2.05, 4.69) is 20.3 Å². The highest BCUT2D eigenvalue weighted by molar-refractivity contribution is 6.05. The number of aromatic amines is 1. The third-order valence-electron chi connectivity index (χ3n) is 4.43. The first-order valence-electron chi connectivity index (χ1n) is 8.80. The fourth-order valence-corrected chi connectivity index (χ4v) is 2.99. The van der Waals surface area contributed by atoms with E-state index in [4.69, 9.17) is 0 Å². The Morgan fingerprint density at radius 3 is 2.58 bits per heavy atom.